The Morgan fingerprint density at radius 1 is 1.44 bits per heavy atom. The number of thiazole rings is 1. The predicted molar refractivity (Wildman–Crippen MR) is 74.0 cm³/mol. The lowest BCUT2D eigenvalue weighted by molar-refractivity contribution is 0.0799. The molecule has 1 fully saturated rings. The molecule has 0 bridgehead atoms. The Morgan fingerprint density at radius 3 is 2.94 bits per heavy atom. The molecule has 1 aliphatic carbocycles. The molecule has 98 valence electrons. The molecule has 2 heterocycles. The van der Waals surface area contributed by atoms with E-state index in [1.54, 1.807) is 11.3 Å². The van der Waals surface area contributed by atoms with Gasteiger partial charge in [0.15, 0.2) is 0 Å². The summed E-state index contributed by atoms with van der Waals surface area (Å²) in [5, 5.41) is 10.7. The molecule has 2 aromatic rings. The molecule has 18 heavy (non-hydrogen) atoms. The van der Waals surface area contributed by atoms with Gasteiger partial charge in [-0.25, -0.2) is 4.98 Å². The van der Waals surface area contributed by atoms with E-state index in [1.807, 2.05) is 12.5 Å². The summed E-state index contributed by atoms with van der Waals surface area (Å²) < 4.78 is 2.09. The first kappa shape index (κ1) is 12.2. The van der Waals surface area contributed by atoms with Gasteiger partial charge in [0.25, 0.3) is 0 Å². The van der Waals surface area contributed by atoms with E-state index in [0.717, 1.165) is 29.8 Å². The van der Waals surface area contributed by atoms with Crippen molar-refractivity contribution in [2.45, 2.75) is 51.6 Å². The van der Waals surface area contributed by atoms with Gasteiger partial charge >= 0.3 is 0 Å². The minimum absolute atomic E-state index is 0.316. The van der Waals surface area contributed by atoms with Crippen LogP contribution in [0.15, 0.2) is 12.5 Å². The van der Waals surface area contributed by atoms with Crippen LogP contribution in [-0.2, 0) is 6.42 Å². The largest absolute Gasteiger partial charge is 0.387 e. The highest BCUT2D eigenvalue weighted by atomic mass is 32.1. The Balaban J connectivity index is 1.97. The number of fused-ring (bicyclic) bond motifs is 1. The topological polar surface area (TPSA) is 37.5 Å². The van der Waals surface area contributed by atoms with Gasteiger partial charge in [-0.15, -0.1) is 11.3 Å². The molecule has 3 rings (SSSR count). The van der Waals surface area contributed by atoms with E-state index in [9.17, 15) is 5.11 Å². The molecular formula is C14H20N2OS. The summed E-state index contributed by atoms with van der Waals surface area (Å²) >= 11 is 1.76. The Morgan fingerprint density at radius 2 is 2.22 bits per heavy atom. The van der Waals surface area contributed by atoms with Gasteiger partial charge in [0.1, 0.15) is 11.2 Å². The van der Waals surface area contributed by atoms with Gasteiger partial charge in [-0.3, -0.25) is 4.40 Å². The maximum absolute atomic E-state index is 10.7. The first-order valence-electron chi connectivity index (χ1n) is 6.93. The number of rotatable bonds is 3. The fourth-order valence-electron chi connectivity index (χ4n) is 3.09. The number of aliphatic hydroxyl groups is 1. The molecule has 0 spiro atoms. The highest BCUT2D eigenvalue weighted by molar-refractivity contribution is 7.17. The van der Waals surface area contributed by atoms with Gasteiger partial charge in [0.2, 0.25) is 0 Å². The number of imidazole rings is 1. The molecule has 0 saturated heterocycles. The minimum atomic E-state index is -0.316. The van der Waals surface area contributed by atoms with Crippen molar-refractivity contribution in [3.63, 3.8) is 0 Å². The van der Waals surface area contributed by atoms with Crippen molar-refractivity contribution in [3.05, 3.63) is 23.1 Å². The van der Waals surface area contributed by atoms with Gasteiger partial charge in [-0.2, -0.15) is 0 Å². The van der Waals surface area contributed by atoms with Crippen molar-refractivity contribution >= 4 is 16.2 Å². The van der Waals surface area contributed by atoms with Crippen LogP contribution < -0.4 is 0 Å². The SMILES string of the molecule is CCc1sc2cncn2c1[C@H](O)C1CCCCC1. The minimum Gasteiger partial charge on any atom is -0.387 e. The lowest BCUT2D eigenvalue weighted by atomic mass is 9.84. The lowest BCUT2D eigenvalue weighted by Crippen LogP contribution is -2.18. The maximum atomic E-state index is 10.7. The third-order valence-corrected chi connectivity index (χ3v) is 5.33. The quantitative estimate of drug-likeness (QED) is 0.920. The molecule has 2 aromatic heterocycles. The lowest BCUT2D eigenvalue weighted by Gasteiger charge is -2.27. The zero-order valence-electron chi connectivity index (χ0n) is 10.8. The summed E-state index contributed by atoms with van der Waals surface area (Å²) in [5.41, 5.74) is 1.10. The van der Waals surface area contributed by atoms with Crippen molar-refractivity contribution in [1.82, 2.24) is 9.38 Å². The van der Waals surface area contributed by atoms with Crippen LogP contribution in [-0.4, -0.2) is 14.5 Å². The van der Waals surface area contributed by atoms with Gasteiger partial charge < -0.3 is 5.11 Å². The van der Waals surface area contributed by atoms with Crippen LogP contribution in [0.1, 0.15) is 55.7 Å². The van der Waals surface area contributed by atoms with Crippen molar-refractivity contribution in [2.24, 2.45) is 5.92 Å². The second kappa shape index (κ2) is 5.02. The fourth-order valence-corrected chi connectivity index (χ4v) is 4.16. The number of aromatic nitrogens is 2. The number of hydrogen-bond donors (Lipinski definition) is 1. The smallest absolute Gasteiger partial charge is 0.120 e. The molecule has 1 saturated carbocycles. The van der Waals surface area contributed by atoms with Gasteiger partial charge in [-0.05, 0) is 25.2 Å². The molecule has 1 N–H and O–H groups in total. The second-order valence-corrected chi connectivity index (χ2v) is 6.32. The summed E-state index contributed by atoms with van der Waals surface area (Å²) in [4.78, 5) is 6.65. The van der Waals surface area contributed by atoms with Crippen molar-refractivity contribution in [1.29, 1.82) is 0 Å². The van der Waals surface area contributed by atoms with E-state index in [1.165, 1.54) is 24.1 Å². The van der Waals surface area contributed by atoms with Gasteiger partial charge in [0, 0.05) is 4.88 Å². The Bertz CT molecular complexity index is 525. The summed E-state index contributed by atoms with van der Waals surface area (Å²) in [6.45, 7) is 2.16. The summed E-state index contributed by atoms with van der Waals surface area (Å²) in [6, 6.07) is 0. The fraction of sp³-hybridized carbons (Fsp3) is 0.643. The van der Waals surface area contributed by atoms with E-state index in [-0.39, 0.29) is 6.10 Å². The van der Waals surface area contributed by atoms with Crippen molar-refractivity contribution in [2.75, 3.05) is 0 Å². The molecule has 4 heteroatoms. The van der Waals surface area contributed by atoms with Crippen LogP contribution in [0.2, 0.25) is 0 Å². The monoisotopic (exact) mass is 264 g/mol. The molecule has 1 aliphatic rings. The standard InChI is InChI=1S/C14H20N2OS/c1-2-11-13(16-9-15-8-12(16)18-11)14(17)10-6-4-3-5-7-10/h8-10,14,17H,2-7H2,1H3/t14-/m1/s1. The van der Waals surface area contributed by atoms with E-state index < -0.39 is 0 Å². The third kappa shape index (κ3) is 1.97. The highest BCUT2D eigenvalue weighted by Gasteiger charge is 2.27. The summed E-state index contributed by atoms with van der Waals surface area (Å²) in [5.74, 6) is 0.434. The third-order valence-electron chi connectivity index (χ3n) is 4.08. The summed E-state index contributed by atoms with van der Waals surface area (Å²) in [6.07, 6.45) is 10.6. The van der Waals surface area contributed by atoms with Gasteiger partial charge in [-0.1, -0.05) is 26.2 Å². The van der Waals surface area contributed by atoms with Crippen LogP contribution in [0.5, 0.6) is 0 Å². The first-order valence-corrected chi connectivity index (χ1v) is 7.74. The first-order chi connectivity index (χ1) is 8.81. The average molecular weight is 264 g/mol. The Kier molecular flexibility index (Phi) is 3.39. The Hall–Kier alpha value is -0.870. The van der Waals surface area contributed by atoms with E-state index in [4.69, 9.17) is 0 Å². The van der Waals surface area contributed by atoms with E-state index >= 15 is 0 Å². The van der Waals surface area contributed by atoms with E-state index in [2.05, 4.69) is 16.3 Å². The molecule has 0 unspecified atom stereocenters. The predicted octanol–water partition coefficient (Wildman–Crippen LogP) is 3.57. The number of hydrogen-bond acceptors (Lipinski definition) is 3. The van der Waals surface area contributed by atoms with Crippen LogP contribution >= 0.6 is 11.3 Å². The molecule has 1 atom stereocenters. The number of nitrogens with zero attached hydrogens (tertiary/aromatic N) is 2. The van der Waals surface area contributed by atoms with Crippen LogP contribution in [0.4, 0.5) is 0 Å². The Labute approximate surface area is 111 Å². The van der Waals surface area contributed by atoms with Crippen LogP contribution in [0, 0.1) is 5.92 Å². The van der Waals surface area contributed by atoms with Crippen molar-refractivity contribution < 1.29 is 5.11 Å². The molecule has 0 aliphatic heterocycles. The molecule has 0 amide bonds. The van der Waals surface area contributed by atoms with Gasteiger partial charge in [0.05, 0.1) is 18.0 Å². The zero-order valence-corrected chi connectivity index (χ0v) is 11.6. The molecule has 0 radical (unpaired) electrons. The molecular weight excluding hydrogens is 244 g/mol. The highest BCUT2D eigenvalue weighted by Crippen LogP contribution is 2.38. The van der Waals surface area contributed by atoms with E-state index in [0.29, 0.717) is 5.92 Å². The zero-order chi connectivity index (χ0) is 12.5. The second-order valence-electron chi connectivity index (χ2n) is 5.21. The normalized spacial score (nSPS) is 19.4. The molecule has 3 nitrogen and oxygen atoms in total. The molecule has 0 aromatic carbocycles. The van der Waals surface area contributed by atoms with Crippen molar-refractivity contribution in [3.8, 4) is 0 Å². The summed E-state index contributed by atoms with van der Waals surface area (Å²) in [7, 11) is 0. The number of aryl methyl sites for hydroxylation is 1. The van der Waals surface area contributed by atoms with Crippen LogP contribution in [0.25, 0.3) is 4.83 Å². The number of aliphatic hydroxyl groups excluding tert-OH is 1. The maximum Gasteiger partial charge on any atom is 0.120 e. The average Bonchev–Trinajstić information content (AvgIpc) is 2.98. The van der Waals surface area contributed by atoms with Crippen LogP contribution in [0.3, 0.4) is 0 Å².